The summed E-state index contributed by atoms with van der Waals surface area (Å²) in [6.45, 7) is 15.5. The average Bonchev–Trinajstić information content (AvgIpc) is 2.75. The van der Waals surface area contributed by atoms with Gasteiger partial charge in [-0.3, -0.25) is 0 Å². The van der Waals surface area contributed by atoms with Crippen molar-refractivity contribution in [3.63, 3.8) is 0 Å². The molecule has 0 aromatic carbocycles. The Morgan fingerprint density at radius 3 is 0.812 bits per heavy atom. The summed E-state index contributed by atoms with van der Waals surface area (Å²) in [7, 11) is -1.44. The smallest absolute Gasteiger partial charge is 0.183 e. The lowest BCUT2D eigenvalue weighted by molar-refractivity contribution is -0.0243. The number of aliphatic hydroxyl groups excluding tert-OH is 1. The summed E-state index contributed by atoms with van der Waals surface area (Å²) in [5, 5.41) is 8.54. The summed E-state index contributed by atoms with van der Waals surface area (Å²) >= 11 is 0. The van der Waals surface area contributed by atoms with Gasteiger partial charge in [0.1, 0.15) is 0 Å². The minimum Gasteiger partial charge on any atom is -0.415 e. The molecule has 10 nitrogen and oxygen atoms in total. The van der Waals surface area contributed by atoms with Gasteiger partial charge in [0.15, 0.2) is 8.32 Å². The molecule has 0 aromatic heterocycles. The van der Waals surface area contributed by atoms with Crippen molar-refractivity contribution >= 4 is 8.32 Å². The second-order valence-electron chi connectivity index (χ2n) is 7.58. The Balaban J connectivity index is 3.02. The SMILES string of the molecule is C[Si](C)(C)OCCOCCOCCOCCOCCOCCOCCOCCOCCO. The van der Waals surface area contributed by atoms with Gasteiger partial charge in [0.25, 0.3) is 0 Å². The molecule has 0 aliphatic heterocycles. The first kappa shape index (κ1) is 31.8. The lowest BCUT2D eigenvalue weighted by atomic mass is 10.6. The molecule has 32 heavy (non-hydrogen) atoms. The molecule has 0 heterocycles. The Morgan fingerprint density at radius 2 is 0.594 bits per heavy atom. The minimum atomic E-state index is -1.44. The molecule has 0 fully saturated rings. The molecule has 0 saturated heterocycles. The zero-order chi connectivity index (χ0) is 23.6. The molecule has 0 bridgehead atoms. The third-order valence-corrected chi connectivity index (χ3v) is 4.67. The van der Waals surface area contributed by atoms with Gasteiger partial charge < -0.3 is 47.4 Å². The van der Waals surface area contributed by atoms with E-state index in [-0.39, 0.29) is 6.61 Å². The van der Waals surface area contributed by atoms with Crippen LogP contribution in [0.5, 0.6) is 0 Å². The standard InChI is InChI=1S/C21H46O10Si/c1-32(2,3)31-21-20-30-19-18-29-17-16-28-15-14-27-13-12-26-11-10-25-9-8-24-7-6-23-5-4-22/h22H,4-21H2,1-3H3. The van der Waals surface area contributed by atoms with Crippen molar-refractivity contribution in [1.82, 2.24) is 0 Å². The van der Waals surface area contributed by atoms with Gasteiger partial charge in [0, 0.05) is 0 Å². The highest BCUT2D eigenvalue weighted by molar-refractivity contribution is 6.69. The second kappa shape index (κ2) is 25.4. The first-order valence-electron chi connectivity index (χ1n) is 11.4. The van der Waals surface area contributed by atoms with Gasteiger partial charge in [-0.05, 0) is 19.6 Å². The van der Waals surface area contributed by atoms with Crippen molar-refractivity contribution in [3.8, 4) is 0 Å². The topological polar surface area (TPSA) is 103 Å². The van der Waals surface area contributed by atoms with Crippen LogP contribution in [-0.4, -0.2) is 132 Å². The van der Waals surface area contributed by atoms with E-state index in [0.717, 1.165) is 0 Å². The molecule has 0 aliphatic carbocycles. The van der Waals surface area contributed by atoms with Crippen LogP contribution in [0.1, 0.15) is 0 Å². The summed E-state index contributed by atoms with van der Waals surface area (Å²) in [6, 6.07) is 0. The van der Waals surface area contributed by atoms with Gasteiger partial charge >= 0.3 is 0 Å². The number of hydrogen-bond donors (Lipinski definition) is 1. The molecular formula is C21H46O10Si. The largest absolute Gasteiger partial charge is 0.415 e. The molecule has 0 atom stereocenters. The Bertz CT molecular complexity index is 358. The maximum Gasteiger partial charge on any atom is 0.183 e. The highest BCUT2D eigenvalue weighted by atomic mass is 28.4. The third kappa shape index (κ3) is 29.8. The fraction of sp³-hybridized carbons (Fsp3) is 1.00. The van der Waals surface area contributed by atoms with Crippen molar-refractivity contribution in [2.75, 3.05) is 119 Å². The molecule has 0 aliphatic rings. The third-order valence-electron chi connectivity index (χ3n) is 3.60. The lowest BCUT2D eigenvalue weighted by Gasteiger charge is -2.16. The Labute approximate surface area is 194 Å². The fourth-order valence-corrected chi connectivity index (χ4v) is 2.81. The molecule has 0 unspecified atom stereocenters. The van der Waals surface area contributed by atoms with Crippen molar-refractivity contribution in [2.24, 2.45) is 0 Å². The first-order chi connectivity index (χ1) is 15.6. The molecule has 0 rings (SSSR count). The molecule has 0 spiro atoms. The maximum atomic E-state index is 8.54. The number of ether oxygens (including phenoxy) is 8. The van der Waals surface area contributed by atoms with Gasteiger partial charge in [0.05, 0.1) is 119 Å². The van der Waals surface area contributed by atoms with E-state index in [9.17, 15) is 0 Å². The van der Waals surface area contributed by atoms with Crippen molar-refractivity contribution in [2.45, 2.75) is 19.6 Å². The summed E-state index contributed by atoms with van der Waals surface area (Å²) < 4.78 is 48.6. The molecule has 194 valence electrons. The lowest BCUT2D eigenvalue weighted by Crippen LogP contribution is -2.27. The second-order valence-corrected chi connectivity index (χ2v) is 12.1. The minimum absolute atomic E-state index is 0.0321. The normalized spacial score (nSPS) is 12.0. The van der Waals surface area contributed by atoms with Gasteiger partial charge in [-0.15, -0.1) is 0 Å². The number of aliphatic hydroxyl groups is 1. The summed E-state index contributed by atoms with van der Waals surface area (Å²) in [5.41, 5.74) is 0. The molecular weight excluding hydrogens is 440 g/mol. The Hall–Kier alpha value is -0.183. The molecule has 0 amide bonds. The fourth-order valence-electron chi connectivity index (χ4n) is 2.11. The molecule has 11 heteroatoms. The summed E-state index contributed by atoms with van der Waals surface area (Å²) in [5.74, 6) is 0. The van der Waals surface area contributed by atoms with Crippen molar-refractivity contribution in [1.29, 1.82) is 0 Å². The maximum absolute atomic E-state index is 8.54. The summed E-state index contributed by atoms with van der Waals surface area (Å²) in [6.07, 6.45) is 0. The average molecular weight is 487 g/mol. The molecule has 0 radical (unpaired) electrons. The van der Waals surface area contributed by atoms with Crippen LogP contribution in [0.3, 0.4) is 0 Å². The monoisotopic (exact) mass is 486 g/mol. The van der Waals surface area contributed by atoms with E-state index in [2.05, 4.69) is 19.6 Å². The van der Waals surface area contributed by atoms with Gasteiger partial charge in [-0.25, -0.2) is 0 Å². The highest BCUT2D eigenvalue weighted by Crippen LogP contribution is 2.01. The van der Waals surface area contributed by atoms with Crippen LogP contribution in [0.25, 0.3) is 0 Å². The summed E-state index contributed by atoms with van der Waals surface area (Å²) in [4.78, 5) is 0. The van der Waals surface area contributed by atoms with E-state index in [0.29, 0.717) is 112 Å². The van der Waals surface area contributed by atoms with Crippen LogP contribution in [0, 0.1) is 0 Å². The van der Waals surface area contributed by atoms with E-state index < -0.39 is 8.32 Å². The molecule has 1 N–H and O–H groups in total. The van der Waals surface area contributed by atoms with Crippen LogP contribution in [0.2, 0.25) is 19.6 Å². The Morgan fingerprint density at radius 1 is 0.375 bits per heavy atom. The quantitative estimate of drug-likeness (QED) is 0.133. The van der Waals surface area contributed by atoms with Crippen LogP contribution >= 0.6 is 0 Å². The first-order valence-corrected chi connectivity index (χ1v) is 14.8. The van der Waals surface area contributed by atoms with E-state index in [1.54, 1.807) is 0 Å². The van der Waals surface area contributed by atoms with Crippen molar-refractivity contribution in [3.05, 3.63) is 0 Å². The zero-order valence-corrected chi connectivity index (χ0v) is 21.3. The zero-order valence-electron chi connectivity index (χ0n) is 20.3. The van der Waals surface area contributed by atoms with E-state index >= 15 is 0 Å². The van der Waals surface area contributed by atoms with Gasteiger partial charge in [-0.1, -0.05) is 0 Å². The highest BCUT2D eigenvalue weighted by Gasteiger charge is 2.12. The predicted octanol–water partition coefficient (Wildman–Crippen LogP) is 0.963. The molecule has 0 aromatic rings. The van der Waals surface area contributed by atoms with E-state index in [4.69, 9.17) is 47.4 Å². The van der Waals surface area contributed by atoms with Crippen LogP contribution in [0.4, 0.5) is 0 Å². The van der Waals surface area contributed by atoms with Crippen molar-refractivity contribution < 1.29 is 47.4 Å². The van der Waals surface area contributed by atoms with E-state index in [1.807, 2.05) is 0 Å². The molecule has 0 saturated carbocycles. The number of rotatable bonds is 27. The van der Waals surface area contributed by atoms with E-state index in [1.165, 1.54) is 0 Å². The van der Waals surface area contributed by atoms with Crippen LogP contribution in [-0.2, 0) is 42.3 Å². The van der Waals surface area contributed by atoms with Gasteiger partial charge in [-0.2, -0.15) is 0 Å². The Kier molecular flexibility index (Phi) is 25.3. The van der Waals surface area contributed by atoms with Crippen LogP contribution < -0.4 is 0 Å². The van der Waals surface area contributed by atoms with Gasteiger partial charge in [0.2, 0.25) is 0 Å². The predicted molar refractivity (Wildman–Crippen MR) is 123 cm³/mol. The van der Waals surface area contributed by atoms with Crippen LogP contribution in [0.15, 0.2) is 0 Å². The number of hydrogen-bond acceptors (Lipinski definition) is 10.